The Hall–Kier alpha value is -4.25. The maximum Gasteiger partial charge on any atom is 0.274 e. The number of carbonyl (C=O) groups excluding carboxylic acids is 2. The van der Waals surface area contributed by atoms with Gasteiger partial charge in [-0.2, -0.15) is 5.10 Å². The fourth-order valence-electron chi connectivity index (χ4n) is 3.83. The average molecular weight is 461 g/mol. The van der Waals surface area contributed by atoms with Gasteiger partial charge >= 0.3 is 0 Å². The summed E-state index contributed by atoms with van der Waals surface area (Å²) in [5, 5.41) is 11.5. The number of morpholine rings is 1. The molecule has 3 aromatic heterocycles. The maximum atomic E-state index is 13.1. The summed E-state index contributed by atoms with van der Waals surface area (Å²) in [5.74, 6) is 0.571. The number of aryl methyl sites for hydroxylation is 1. The molecule has 0 radical (unpaired) electrons. The highest BCUT2D eigenvalue weighted by Gasteiger charge is 2.27. The molecule has 1 saturated heterocycles. The van der Waals surface area contributed by atoms with Gasteiger partial charge in [0.1, 0.15) is 11.4 Å². The number of hydrogen-bond acceptors (Lipinski definition) is 7. The van der Waals surface area contributed by atoms with Crippen LogP contribution in [0.3, 0.4) is 0 Å². The van der Waals surface area contributed by atoms with E-state index < -0.39 is 5.91 Å². The molecule has 34 heavy (non-hydrogen) atoms. The van der Waals surface area contributed by atoms with Crippen molar-refractivity contribution in [2.75, 3.05) is 38.7 Å². The molecule has 0 saturated carbocycles. The first-order chi connectivity index (χ1) is 16.5. The van der Waals surface area contributed by atoms with E-state index in [9.17, 15) is 9.59 Å². The minimum Gasteiger partial charge on any atom is -0.497 e. The van der Waals surface area contributed by atoms with E-state index in [2.05, 4.69) is 20.5 Å². The first-order valence-corrected chi connectivity index (χ1v) is 10.7. The molecule has 1 aliphatic rings. The lowest BCUT2D eigenvalue weighted by atomic mass is 10.2. The van der Waals surface area contributed by atoms with E-state index in [4.69, 9.17) is 9.47 Å². The highest BCUT2D eigenvalue weighted by molar-refractivity contribution is 6.11. The van der Waals surface area contributed by atoms with Crippen molar-refractivity contribution in [1.29, 1.82) is 0 Å². The van der Waals surface area contributed by atoms with Gasteiger partial charge in [-0.15, -0.1) is 5.10 Å². The Labute approximate surface area is 194 Å². The van der Waals surface area contributed by atoms with E-state index >= 15 is 0 Å². The minimum absolute atomic E-state index is 0.190. The molecule has 11 nitrogen and oxygen atoms in total. The smallest absolute Gasteiger partial charge is 0.274 e. The quantitative estimate of drug-likeness (QED) is 0.482. The number of nitrogens with zero attached hydrogens (tertiary/aromatic N) is 6. The van der Waals surface area contributed by atoms with Crippen molar-refractivity contribution in [3.8, 4) is 17.1 Å². The summed E-state index contributed by atoms with van der Waals surface area (Å²) in [6.45, 7) is 1.91. The van der Waals surface area contributed by atoms with Gasteiger partial charge in [0.25, 0.3) is 11.8 Å². The molecule has 11 heteroatoms. The van der Waals surface area contributed by atoms with Crippen LogP contribution in [0.5, 0.6) is 5.75 Å². The number of rotatable bonds is 5. The Balaban J connectivity index is 1.39. The number of methoxy groups -OCH3 is 1. The lowest BCUT2D eigenvalue weighted by Crippen LogP contribution is -2.41. The van der Waals surface area contributed by atoms with E-state index in [1.807, 2.05) is 24.3 Å². The summed E-state index contributed by atoms with van der Waals surface area (Å²) in [5.41, 5.74) is 2.34. The van der Waals surface area contributed by atoms with E-state index in [-0.39, 0.29) is 17.2 Å². The van der Waals surface area contributed by atoms with Crippen molar-refractivity contribution in [2.45, 2.75) is 0 Å². The Morgan fingerprint density at radius 2 is 1.97 bits per heavy atom. The highest BCUT2D eigenvalue weighted by Crippen LogP contribution is 2.23. The standard InChI is InChI=1S/C23H23N7O4/c1-28-20(18(14-24-28)23(32)29-8-10-34-11-9-29)22(31)25-16-6-7-30-19(13-16)26-21(27-30)15-4-3-5-17(12-15)33-2/h3-7,12-14H,8-11H2,1-2H3,(H,25,31). The van der Waals surface area contributed by atoms with Gasteiger partial charge in [0.15, 0.2) is 11.5 Å². The lowest BCUT2D eigenvalue weighted by Gasteiger charge is -2.26. The number of ether oxygens (including phenoxy) is 2. The van der Waals surface area contributed by atoms with Crippen LogP contribution in [0, 0.1) is 0 Å². The Morgan fingerprint density at radius 3 is 2.76 bits per heavy atom. The zero-order chi connectivity index (χ0) is 23.7. The normalized spacial score (nSPS) is 13.8. The predicted molar refractivity (Wildman–Crippen MR) is 123 cm³/mol. The van der Waals surface area contributed by atoms with Crippen molar-refractivity contribution in [1.82, 2.24) is 29.3 Å². The Morgan fingerprint density at radius 1 is 1.15 bits per heavy atom. The van der Waals surface area contributed by atoms with Gasteiger partial charge < -0.3 is 19.7 Å². The molecule has 4 heterocycles. The van der Waals surface area contributed by atoms with Crippen LogP contribution in [-0.4, -0.2) is 74.5 Å². The van der Waals surface area contributed by atoms with Crippen LogP contribution in [0.25, 0.3) is 17.0 Å². The third-order valence-corrected chi connectivity index (χ3v) is 5.61. The molecule has 1 aromatic carbocycles. The molecule has 174 valence electrons. The second-order valence-electron chi connectivity index (χ2n) is 7.77. The van der Waals surface area contributed by atoms with Gasteiger partial charge in [-0.1, -0.05) is 12.1 Å². The molecule has 0 atom stereocenters. The SMILES string of the molecule is COc1cccc(-c2nc3cc(NC(=O)c4c(C(=O)N5CCOCC5)cnn4C)ccn3n2)c1. The summed E-state index contributed by atoms with van der Waals surface area (Å²) in [6, 6.07) is 10.9. The van der Waals surface area contributed by atoms with Gasteiger partial charge in [-0.3, -0.25) is 14.3 Å². The van der Waals surface area contributed by atoms with Crippen molar-refractivity contribution >= 4 is 23.1 Å². The number of fused-ring (bicyclic) bond motifs is 1. The molecule has 0 bridgehead atoms. The number of amides is 2. The van der Waals surface area contributed by atoms with Gasteiger partial charge in [0.05, 0.1) is 32.1 Å². The number of carbonyl (C=O) groups is 2. The molecule has 5 rings (SSSR count). The van der Waals surface area contributed by atoms with Crippen LogP contribution in [-0.2, 0) is 11.8 Å². The molecule has 2 amide bonds. The van der Waals surface area contributed by atoms with Crippen molar-refractivity contribution in [3.63, 3.8) is 0 Å². The fourth-order valence-corrected chi connectivity index (χ4v) is 3.83. The van der Waals surface area contributed by atoms with E-state index in [1.165, 1.54) is 10.9 Å². The number of nitrogens with one attached hydrogen (secondary N) is 1. The molecular formula is C23H23N7O4. The lowest BCUT2D eigenvalue weighted by molar-refractivity contribution is 0.0302. The second kappa shape index (κ2) is 8.94. The molecule has 0 spiro atoms. The summed E-state index contributed by atoms with van der Waals surface area (Å²) in [6.07, 6.45) is 3.14. The van der Waals surface area contributed by atoms with Gasteiger partial charge in [0.2, 0.25) is 0 Å². The maximum absolute atomic E-state index is 13.1. The van der Waals surface area contributed by atoms with Crippen molar-refractivity contribution in [2.24, 2.45) is 7.05 Å². The third kappa shape index (κ3) is 4.08. The number of benzene rings is 1. The summed E-state index contributed by atoms with van der Waals surface area (Å²) in [4.78, 5) is 32.3. The zero-order valence-corrected chi connectivity index (χ0v) is 18.8. The molecule has 4 aromatic rings. The zero-order valence-electron chi connectivity index (χ0n) is 18.8. The topological polar surface area (TPSA) is 116 Å². The molecule has 1 N–H and O–H groups in total. The van der Waals surface area contributed by atoms with Gasteiger partial charge in [0, 0.05) is 43.7 Å². The molecule has 1 fully saturated rings. The number of hydrogen-bond donors (Lipinski definition) is 1. The number of pyridine rings is 1. The van der Waals surface area contributed by atoms with Crippen LogP contribution in [0.1, 0.15) is 20.8 Å². The molecule has 1 aliphatic heterocycles. The summed E-state index contributed by atoms with van der Waals surface area (Å²) < 4.78 is 13.6. The van der Waals surface area contributed by atoms with Crippen LogP contribution >= 0.6 is 0 Å². The Bertz CT molecular complexity index is 1370. The van der Waals surface area contributed by atoms with Gasteiger partial charge in [-0.25, -0.2) is 9.50 Å². The predicted octanol–water partition coefficient (Wildman–Crippen LogP) is 1.86. The third-order valence-electron chi connectivity index (χ3n) is 5.61. The van der Waals surface area contributed by atoms with E-state index in [1.54, 1.807) is 41.9 Å². The average Bonchev–Trinajstić information content (AvgIpc) is 3.47. The van der Waals surface area contributed by atoms with E-state index in [0.29, 0.717) is 49.2 Å². The van der Waals surface area contributed by atoms with Crippen LogP contribution < -0.4 is 10.1 Å². The first kappa shape index (κ1) is 21.6. The Kier molecular flexibility index (Phi) is 5.68. The second-order valence-corrected chi connectivity index (χ2v) is 7.77. The largest absolute Gasteiger partial charge is 0.497 e. The van der Waals surface area contributed by atoms with Crippen LogP contribution in [0.2, 0.25) is 0 Å². The number of anilines is 1. The van der Waals surface area contributed by atoms with Crippen LogP contribution in [0.4, 0.5) is 5.69 Å². The van der Waals surface area contributed by atoms with Crippen molar-refractivity contribution in [3.05, 3.63) is 60.0 Å². The highest BCUT2D eigenvalue weighted by atomic mass is 16.5. The summed E-state index contributed by atoms with van der Waals surface area (Å²) >= 11 is 0. The van der Waals surface area contributed by atoms with Crippen molar-refractivity contribution < 1.29 is 19.1 Å². The summed E-state index contributed by atoms with van der Waals surface area (Å²) in [7, 11) is 3.24. The van der Waals surface area contributed by atoms with E-state index in [0.717, 1.165) is 5.56 Å². The molecule has 0 aliphatic carbocycles. The number of aromatic nitrogens is 5. The molecule has 0 unspecified atom stereocenters. The molecular weight excluding hydrogens is 438 g/mol. The van der Waals surface area contributed by atoms with Crippen LogP contribution in [0.15, 0.2) is 48.8 Å². The van der Waals surface area contributed by atoms with Gasteiger partial charge in [-0.05, 0) is 18.2 Å². The monoisotopic (exact) mass is 461 g/mol. The first-order valence-electron chi connectivity index (χ1n) is 10.7. The minimum atomic E-state index is -0.437. The fraction of sp³-hybridized carbons (Fsp3) is 0.261.